The van der Waals surface area contributed by atoms with Crippen LogP contribution >= 0.6 is 11.3 Å². The van der Waals surface area contributed by atoms with Crippen LogP contribution in [-0.2, 0) is 17.6 Å². The number of rotatable bonds is 4. The SMILES string of the molecule is CC(OC(=O)c1cc2c(s1)CCCCC2)C(=O)c1ccccc1. The molecule has 1 unspecified atom stereocenters. The van der Waals surface area contributed by atoms with Gasteiger partial charge in [-0.25, -0.2) is 4.79 Å². The number of hydrogen-bond acceptors (Lipinski definition) is 4. The highest BCUT2D eigenvalue weighted by molar-refractivity contribution is 7.14. The van der Waals surface area contributed by atoms with Gasteiger partial charge in [-0.3, -0.25) is 4.79 Å². The fourth-order valence-electron chi connectivity index (χ4n) is 2.88. The maximum Gasteiger partial charge on any atom is 0.349 e. The van der Waals surface area contributed by atoms with E-state index in [1.807, 2.05) is 12.1 Å². The van der Waals surface area contributed by atoms with Crippen molar-refractivity contribution in [2.75, 3.05) is 0 Å². The molecule has 0 saturated carbocycles. The second-order valence-electron chi connectivity index (χ2n) is 5.90. The molecule has 4 heteroatoms. The Hall–Kier alpha value is -1.94. The van der Waals surface area contributed by atoms with Crippen LogP contribution in [0, 0.1) is 0 Å². The van der Waals surface area contributed by atoms with Gasteiger partial charge in [0.15, 0.2) is 6.10 Å². The van der Waals surface area contributed by atoms with Crippen LogP contribution in [0.2, 0.25) is 0 Å². The Balaban J connectivity index is 1.68. The summed E-state index contributed by atoms with van der Waals surface area (Å²) >= 11 is 1.52. The van der Waals surface area contributed by atoms with E-state index in [0.717, 1.165) is 12.8 Å². The fraction of sp³-hybridized carbons (Fsp3) is 0.368. The van der Waals surface area contributed by atoms with E-state index in [1.54, 1.807) is 31.2 Å². The van der Waals surface area contributed by atoms with E-state index < -0.39 is 6.10 Å². The lowest BCUT2D eigenvalue weighted by Gasteiger charge is -2.11. The molecule has 0 fully saturated rings. The van der Waals surface area contributed by atoms with Crippen molar-refractivity contribution in [2.24, 2.45) is 0 Å². The molecule has 2 aromatic rings. The number of hydrogen-bond donors (Lipinski definition) is 0. The first-order valence-corrected chi connectivity index (χ1v) is 8.88. The van der Waals surface area contributed by atoms with Gasteiger partial charge < -0.3 is 4.74 Å². The van der Waals surface area contributed by atoms with Crippen molar-refractivity contribution in [3.8, 4) is 0 Å². The lowest BCUT2D eigenvalue weighted by molar-refractivity contribution is 0.0323. The van der Waals surface area contributed by atoms with Crippen molar-refractivity contribution in [3.63, 3.8) is 0 Å². The van der Waals surface area contributed by atoms with Gasteiger partial charge in [0, 0.05) is 10.4 Å². The molecule has 0 aliphatic heterocycles. The second kappa shape index (κ2) is 7.09. The summed E-state index contributed by atoms with van der Waals surface area (Å²) < 4.78 is 5.38. The van der Waals surface area contributed by atoms with Gasteiger partial charge in [0.25, 0.3) is 0 Å². The van der Waals surface area contributed by atoms with Gasteiger partial charge in [0.05, 0.1) is 0 Å². The zero-order valence-corrected chi connectivity index (χ0v) is 14.0. The Morgan fingerprint density at radius 3 is 2.61 bits per heavy atom. The van der Waals surface area contributed by atoms with E-state index >= 15 is 0 Å². The molecule has 3 rings (SSSR count). The minimum atomic E-state index is -0.771. The Morgan fingerprint density at radius 1 is 1.09 bits per heavy atom. The fourth-order valence-corrected chi connectivity index (χ4v) is 4.01. The number of carbonyl (C=O) groups is 2. The van der Waals surface area contributed by atoms with E-state index in [9.17, 15) is 9.59 Å². The quantitative estimate of drug-likeness (QED) is 0.473. The monoisotopic (exact) mass is 328 g/mol. The first kappa shape index (κ1) is 15.9. The molecule has 23 heavy (non-hydrogen) atoms. The Bertz CT molecular complexity index is 679. The second-order valence-corrected chi connectivity index (χ2v) is 7.03. The third-order valence-electron chi connectivity index (χ3n) is 4.16. The molecule has 1 heterocycles. The average molecular weight is 328 g/mol. The number of aryl methyl sites for hydroxylation is 2. The number of Topliss-reactive ketones (excluding diaryl/α,β-unsaturated/α-hetero) is 1. The van der Waals surface area contributed by atoms with Crippen LogP contribution in [0.25, 0.3) is 0 Å². The van der Waals surface area contributed by atoms with Gasteiger partial charge in [-0.2, -0.15) is 0 Å². The van der Waals surface area contributed by atoms with Gasteiger partial charge in [-0.05, 0) is 44.2 Å². The smallest absolute Gasteiger partial charge is 0.349 e. The summed E-state index contributed by atoms with van der Waals surface area (Å²) in [5.41, 5.74) is 1.84. The van der Waals surface area contributed by atoms with Crippen LogP contribution in [0.15, 0.2) is 36.4 Å². The first-order chi connectivity index (χ1) is 11.1. The molecule has 0 spiro atoms. The number of ether oxygens (including phenoxy) is 1. The molecule has 1 aliphatic carbocycles. The molecule has 0 bridgehead atoms. The number of esters is 1. The van der Waals surface area contributed by atoms with Gasteiger partial charge in [-0.1, -0.05) is 36.8 Å². The lowest BCUT2D eigenvalue weighted by Crippen LogP contribution is -2.24. The van der Waals surface area contributed by atoms with E-state index in [1.165, 1.54) is 41.0 Å². The lowest BCUT2D eigenvalue weighted by atomic mass is 10.1. The minimum absolute atomic E-state index is 0.169. The van der Waals surface area contributed by atoms with Gasteiger partial charge in [-0.15, -0.1) is 11.3 Å². The standard InChI is InChI=1S/C19H20O3S/c1-13(18(20)14-8-4-2-5-9-14)22-19(21)17-12-15-10-6-3-7-11-16(15)23-17/h2,4-5,8-9,12-13H,3,6-7,10-11H2,1H3. The molecule has 0 saturated heterocycles. The van der Waals surface area contributed by atoms with Crippen LogP contribution in [0.3, 0.4) is 0 Å². The van der Waals surface area contributed by atoms with Crippen LogP contribution in [0.1, 0.15) is 56.7 Å². The topological polar surface area (TPSA) is 43.4 Å². The zero-order chi connectivity index (χ0) is 16.2. The maximum absolute atomic E-state index is 12.3. The van der Waals surface area contributed by atoms with Crippen molar-refractivity contribution in [3.05, 3.63) is 57.3 Å². The van der Waals surface area contributed by atoms with Crippen LogP contribution in [-0.4, -0.2) is 17.9 Å². The number of benzene rings is 1. The minimum Gasteiger partial charge on any atom is -0.450 e. The summed E-state index contributed by atoms with van der Waals surface area (Å²) in [6.07, 6.45) is 4.94. The molecule has 0 radical (unpaired) electrons. The van der Waals surface area contributed by atoms with Crippen LogP contribution in [0.5, 0.6) is 0 Å². The van der Waals surface area contributed by atoms with Gasteiger partial charge in [0.2, 0.25) is 5.78 Å². The molecule has 1 atom stereocenters. The van der Waals surface area contributed by atoms with Gasteiger partial charge in [0.1, 0.15) is 4.88 Å². The molecule has 0 N–H and O–H groups in total. The number of thiophene rings is 1. The highest BCUT2D eigenvalue weighted by atomic mass is 32.1. The molecular weight excluding hydrogens is 308 g/mol. The van der Waals surface area contributed by atoms with E-state index in [0.29, 0.717) is 10.4 Å². The zero-order valence-electron chi connectivity index (χ0n) is 13.2. The summed E-state index contributed by atoms with van der Waals surface area (Å²) in [4.78, 5) is 26.5. The van der Waals surface area contributed by atoms with E-state index in [-0.39, 0.29) is 11.8 Å². The van der Waals surface area contributed by atoms with Crippen LogP contribution < -0.4 is 0 Å². The molecule has 1 aromatic heterocycles. The third-order valence-corrected chi connectivity index (χ3v) is 5.38. The van der Waals surface area contributed by atoms with Gasteiger partial charge >= 0.3 is 5.97 Å². The van der Waals surface area contributed by atoms with E-state index in [2.05, 4.69) is 0 Å². The maximum atomic E-state index is 12.3. The summed E-state index contributed by atoms with van der Waals surface area (Å²) in [5.74, 6) is -0.558. The van der Waals surface area contributed by atoms with E-state index in [4.69, 9.17) is 4.74 Å². The summed E-state index contributed by atoms with van der Waals surface area (Å²) in [6, 6.07) is 10.9. The number of fused-ring (bicyclic) bond motifs is 1. The molecule has 1 aromatic carbocycles. The van der Waals surface area contributed by atoms with Crippen molar-refractivity contribution in [1.82, 2.24) is 0 Å². The highest BCUT2D eigenvalue weighted by Crippen LogP contribution is 2.29. The largest absolute Gasteiger partial charge is 0.450 e. The third kappa shape index (κ3) is 3.70. The summed E-state index contributed by atoms with van der Waals surface area (Å²) in [5, 5.41) is 0. The highest BCUT2D eigenvalue weighted by Gasteiger charge is 2.23. The predicted octanol–water partition coefficient (Wildman–Crippen LogP) is 4.45. The Labute approximate surface area is 140 Å². The predicted molar refractivity (Wildman–Crippen MR) is 91.2 cm³/mol. The number of carbonyl (C=O) groups excluding carboxylic acids is 2. The summed E-state index contributed by atoms with van der Waals surface area (Å²) in [6.45, 7) is 1.63. The molecule has 0 amide bonds. The normalized spacial score (nSPS) is 15.3. The molecular formula is C19H20O3S. The first-order valence-electron chi connectivity index (χ1n) is 8.07. The van der Waals surface area contributed by atoms with Crippen molar-refractivity contribution >= 4 is 23.1 Å². The van der Waals surface area contributed by atoms with Crippen molar-refractivity contribution in [2.45, 2.75) is 45.1 Å². The Morgan fingerprint density at radius 2 is 1.83 bits per heavy atom. The average Bonchev–Trinajstić information content (AvgIpc) is 2.86. The molecule has 3 nitrogen and oxygen atoms in total. The Kier molecular flexibility index (Phi) is 4.91. The molecule has 1 aliphatic rings. The number of ketones is 1. The van der Waals surface area contributed by atoms with Crippen molar-refractivity contribution in [1.29, 1.82) is 0 Å². The van der Waals surface area contributed by atoms with Crippen LogP contribution in [0.4, 0.5) is 0 Å². The summed E-state index contributed by atoms with van der Waals surface area (Å²) in [7, 11) is 0. The molecule has 120 valence electrons. The van der Waals surface area contributed by atoms with Crippen molar-refractivity contribution < 1.29 is 14.3 Å².